The Morgan fingerprint density at radius 2 is 2.29 bits per heavy atom. The highest BCUT2D eigenvalue weighted by atomic mass is 16.4. The molecule has 1 atom stereocenters. The van der Waals surface area contributed by atoms with Crippen LogP contribution in [0.5, 0.6) is 0 Å². The second-order valence-electron chi connectivity index (χ2n) is 4.80. The van der Waals surface area contributed by atoms with Crippen molar-refractivity contribution in [3.05, 3.63) is 23.8 Å². The van der Waals surface area contributed by atoms with E-state index in [-0.39, 0.29) is 5.56 Å². The van der Waals surface area contributed by atoms with Crippen LogP contribution in [-0.4, -0.2) is 17.6 Å². The van der Waals surface area contributed by atoms with Gasteiger partial charge in [-0.15, -0.1) is 0 Å². The normalized spacial score (nSPS) is 16.5. The molecule has 1 aliphatic rings. The van der Waals surface area contributed by atoms with E-state index in [1.807, 2.05) is 0 Å². The highest BCUT2D eigenvalue weighted by Gasteiger charge is 2.27. The molecule has 92 valence electrons. The first-order valence-electron chi connectivity index (χ1n) is 5.94. The maximum absolute atomic E-state index is 10.9. The molecular weight excluding hydrogens is 216 g/mol. The van der Waals surface area contributed by atoms with Crippen molar-refractivity contribution in [1.29, 1.82) is 0 Å². The van der Waals surface area contributed by atoms with E-state index in [4.69, 9.17) is 10.8 Å². The summed E-state index contributed by atoms with van der Waals surface area (Å²) in [5.41, 5.74) is 7.39. The lowest BCUT2D eigenvalue weighted by Crippen LogP contribution is -2.14. The van der Waals surface area contributed by atoms with Crippen LogP contribution in [0.1, 0.15) is 30.1 Å². The number of rotatable bonds is 5. The van der Waals surface area contributed by atoms with Gasteiger partial charge in [-0.25, -0.2) is 4.79 Å². The van der Waals surface area contributed by atoms with Crippen molar-refractivity contribution in [2.24, 2.45) is 11.8 Å². The fourth-order valence-corrected chi connectivity index (χ4v) is 1.95. The molecule has 4 N–H and O–H groups in total. The molecule has 0 radical (unpaired) electrons. The van der Waals surface area contributed by atoms with Crippen LogP contribution in [0.2, 0.25) is 0 Å². The van der Waals surface area contributed by atoms with Gasteiger partial charge >= 0.3 is 5.97 Å². The zero-order valence-corrected chi connectivity index (χ0v) is 9.94. The molecule has 1 fully saturated rings. The van der Waals surface area contributed by atoms with Gasteiger partial charge in [0.1, 0.15) is 0 Å². The number of anilines is 2. The summed E-state index contributed by atoms with van der Waals surface area (Å²) in [5.74, 6) is 0.512. The van der Waals surface area contributed by atoms with Crippen molar-refractivity contribution in [3.63, 3.8) is 0 Å². The van der Waals surface area contributed by atoms with Crippen molar-refractivity contribution >= 4 is 17.3 Å². The molecule has 1 aliphatic carbocycles. The molecule has 0 bridgehead atoms. The topological polar surface area (TPSA) is 75.3 Å². The van der Waals surface area contributed by atoms with Crippen LogP contribution in [0.4, 0.5) is 11.4 Å². The summed E-state index contributed by atoms with van der Waals surface area (Å²) in [6.45, 7) is 3.06. The van der Waals surface area contributed by atoms with Gasteiger partial charge in [-0.1, -0.05) is 6.92 Å². The average molecular weight is 234 g/mol. The largest absolute Gasteiger partial charge is 0.478 e. The fraction of sp³-hybridized carbons (Fsp3) is 0.462. The Kier molecular flexibility index (Phi) is 3.22. The maximum Gasteiger partial charge on any atom is 0.335 e. The zero-order valence-electron chi connectivity index (χ0n) is 9.94. The third kappa shape index (κ3) is 2.90. The Bertz CT molecular complexity index is 427. The first kappa shape index (κ1) is 11.8. The number of hydrogen-bond acceptors (Lipinski definition) is 3. The van der Waals surface area contributed by atoms with E-state index in [1.54, 1.807) is 12.1 Å². The number of carboxylic acid groups (broad SMARTS) is 1. The molecule has 0 saturated heterocycles. The molecule has 1 aromatic carbocycles. The highest BCUT2D eigenvalue weighted by molar-refractivity contribution is 5.90. The number of benzene rings is 1. The van der Waals surface area contributed by atoms with Gasteiger partial charge < -0.3 is 16.2 Å². The van der Waals surface area contributed by atoms with Gasteiger partial charge in [0.25, 0.3) is 0 Å². The Balaban J connectivity index is 2.02. The van der Waals surface area contributed by atoms with Crippen LogP contribution in [-0.2, 0) is 0 Å². The lowest BCUT2D eigenvalue weighted by molar-refractivity contribution is 0.0697. The molecular formula is C13H18N2O2. The summed E-state index contributed by atoms with van der Waals surface area (Å²) >= 11 is 0. The second-order valence-corrected chi connectivity index (χ2v) is 4.80. The summed E-state index contributed by atoms with van der Waals surface area (Å²) in [6.07, 6.45) is 2.63. The van der Waals surface area contributed by atoms with E-state index in [2.05, 4.69) is 12.2 Å². The quantitative estimate of drug-likeness (QED) is 0.684. The first-order chi connectivity index (χ1) is 8.08. The van der Waals surface area contributed by atoms with Gasteiger partial charge in [0.15, 0.2) is 0 Å². The molecule has 0 aliphatic heterocycles. The van der Waals surface area contributed by atoms with E-state index >= 15 is 0 Å². The maximum atomic E-state index is 10.9. The SMILES string of the molecule is CC(CNc1cc(C(=O)O)ccc1N)C1CC1. The molecule has 4 heteroatoms. The van der Waals surface area contributed by atoms with Crippen LogP contribution in [0, 0.1) is 11.8 Å². The molecule has 4 nitrogen and oxygen atoms in total. The number of nitrogens with two attached hydrogens (primary N) is 1. The number of nitrogens with one attached hydrogen (secondary N) is 1. The van der Waals surface area contributed by atoms with Gasteiger partial charge in [-0.2, -0.15) is 0 Å². The summed E-state index contributed by atoms with van der Waals surface area (Å²) in [7, 11) is 0. The van der Waals surface area contributed by atoms with E-state index in [9.17, 15) is 4.79 Å². The lowest BCUT2D eigenvalue weighted by atomic mass is 10.1. The first-order valence-corrected chi connectivity index (χ1v) is 5.94. The number of carbonyl (C=O) groups is 1. The van der Waals surface area contributed by atoms with Crippen molar-refractivity contribution in [2.75, 3.05) is 17.6 Å². The molecule has 0 heterocycles. The molecule has 1 unspecified atom stereocenters. The highest BCUT2D eigenvalue weighted by Crippen LogP contribution is 2.36. The number of aromatic carboxylic acids is 1. The molecule has 0 amide bonds. The summed E-state index contributed by atoms with van der Waals surface area (Å²) in [4.78, 5) is 10.9. The molecule has 1 aromatic rings. The van der Waals surface area contributed by atoms with Crippen LogP contribution < -0.4 is 11.1 Å². The standard InChI is InChI=1S/C13H18N2O2/c1-8(9-2-3-9)7-15-12-6-10(13(16)17)4-5-11(12)14/h4-6,8-9,15H,2-3,7,14H2,1H3,(H,16,17). The van der Waals surface area contributed by atoms with E-state index < -0.39 is 5.97 Å². The van der Waals surface area contributed by atoms with Crippen molar-refractivity contribution in [1.82, 2.24) is 0 Å². The smallest absolute Gasteiger partial charge is 0.335 e. The van der Waals surface area contributed by atoms with E-state index in [0.29, 0.717) is 11.6 Å². The third-order valence-corrected chi connectivity index (χ3v) is 3.34. The fourth-order valence-electron chi connectivity index (χ4n) is 1.95. The number of nitrogen functional groups attached to an aromatic ring is 1. The van der Waals surface area contributed by atoms with Gasteiger partial charge in [0.05, 0.1) is 16.9 Å². The van der Waals surface area contributed by atoms with Crippen LogP contribution in [0.3, 0.4) is 0 Å². The van der Waals surface area contributed by atoms with Crippen molar-refractivity contribution in [2.45, 2.75) is 19.8 Å². The Morgan fingerprint density at radius 3 is 2.88 bits per heavy atom. The monoisotopic (exact) mass is 234 g/mol. The van der Waals surface area contributed by atoms with E-state index in [0.717, 1.165) is 18.2 Å². The zero-order chi connectivity index (χ0) is 12.4. The molecule has 2 rings (SSSR count). The van der Waals surface area contributed by atoms with Crippen LogP contribution >= 0.6 is 0 Å². The predicted molar refractivity (Wildman–Crippen MR) is 68.2 cm³/mol. The Hall–Kier alpha value is -1.71. The Morgan fingerprint density at radius 1 is 1.59 bits per heavy atom. The van der Waals surface area contributed by atoms with Crippen molar-refractivity contribution in [3.8, 4) is 0 Å². The minimum absolute atomic E-state index is 0.265. The van der Waals surface area contributed by atoms with Gasteiger partial charge in [-0.05, 0) is 42.9 Å². The van der Waals surface area contributed by atoms with Gasteiger partial charge in [0.2, 0.25) is 0 Å². The third-order valence-electron chi connectivity index (χ3n) is 3.34. The Labute approximate surface area is 101 Å². The summed E-state index contributed by atoms with van der Waals surface area (Å²) in [5, 5.41) is 12.1. The van der Waals surface area contributed by atoms with Crippen LogP contribution in [0.25, 0.3) is 0 Å². The minimum Gasteiger partial charge on any atom is -0.478 e. The second kappa shape index (κ2) is 4.65. The predicted octanol–water partition coefficient (Wildman–Crippen LogP) is 2.43. The van der Waals surface area contributed by atoms with Gasteiger partial charge in [-0.3, -0.25) is 0 Å². The van der Waals surface area contributed by atoms with Gasteiger partial charge in [0, 0.05) is 6.54 Å². The average Bonchev–Trinajstić information content (AvgIpc) is 3.11. The number of carboxylic acids is 1. The molecule has 0 spiro atoms. The molecule has 1 saturated carbocycles. The van der Waals surface area contributed by atoms with Crippen LogP contribution in [0.15, 0.2) is 18.2 Å². The van der Waals surface area contributed by atoms with E-state index in [1.165, 1.54) is 18.9 Å². The lowest BCUT2D eigenvalue weighted by Gasteiger charge is -2.14. The number of hydrogen-bond donors (Lipinski definition) is 3. The summed E-state index contributed by atoms with van der Waals surface area (Å²) in [6, 6.07) is 4.75. The molecule has 0 aromatic heterocycles. The van der Waals surface area contributed by atoms with Crippen molar-refractivity contribution < 1.29 is 9.90 Å². The summed E-state index contributed by atoms with van der Waals surface area (Å²) < 4.78 is 0. The molecule has 17 heavy (non-hydrogen) atoms. The minimum atomic E-state index is -0.928.